The van der Waals surface area contributed by atoms with Crippen LogP contribution in [0.25, 0.3) is 10.8 Å². The van der Waals surface area contributed by atoms with Crippen LogP contribution in [0.2, 0.25) is 5.15 Å². The molecule has 0 unspecified atom stereocenters. The zero-order chi connectivity index (χ0) is 12.4. The van der Waals surface area contributed by atoms with Gasteiger partial charge in [-0.05, 0) is 12.1 Å². The fraction of sp³-hybridized carbons (Fsp3) is 0. The molecular formula is C14H10ClN3. The first kappa shape index (κ1) is 11.0. The van der Waals surface area contributed by atoms with Gasteiger partial charge in [0.2, 0.25) is 0 Å². The number of anilines is 2. The number of nitrogens with one attached hydrogen (secondary N) is 1. The molecule has 0 spiro atoms. The van der Waals surface area contributed by atoms with Crippen LogP contribution in [0.1, 0.15) is 0 Å². The Morgan fingerprint density at radius 2 is 1.78 bits per heavy atom. The highest BCUT2D eigenvalue weighted by molar-refractivity contribution is 6.33. The van der Waals surface area contributed by atoms with Crippen molar-refractivity contribution in [3.05, 3.63) is 60.1 Å². The van der Waals surface area contributed by atoms with E-state index in [9.17, 15) is 0 Å². The van der Waals surface area contributed by atoms with E-state index in [1.165, 1.54) is 0 Å². The molecule has 0 radical (unpaired) electrons. The Balaban J connectivity index is 2.13. The second-order valence-corrected chi connectivity index (χ2v) is 4.23. The van der Waals surface area contributed by atoms with Crippen LogP contribution in [-0.2, 0) is 0 Å². The van der Waals surface area contributed by atoms with Gasteiger partial charge in [-0.15, -0.1) is 0 Å². The lowest BCUT2D eigenvalue weighted by molar-refractivity contribution is 1.32. The zero-order valence-corrected chi connectivity index (χ0v) is 10.2. The van der Waals surface area contributed by atoms with Crippen molar-refractivity contribution in [1.82, 2.24) is 9.97 Å². The Hall–Kier alpha value is -2.13. The Morgan fingerprint density at radius 3 is 2.61 bits per heavy atom. The molecule has 3 aromatic rings. The third kappa shape index (κ3) is 2.00. The lowest BCUT2D eigenvalue weighted by Gasteiger charge is -2.10. The fourth-order valence-corrected chi connectivity index (χ4v) is 2.04. The summed E-state index contributed by atoms with van der Waals surface area (Å²) in [5.41, 5.74) is 1.76. The van der Waals surface area contributed by atoms with Crippen molar-refractivity contribution in [2.24, 2.45) is 0 Å². The standard InChI is InChI=1S/C14H10ClN3/c15-14-13(18-11-5-7-16-8-6-11)12-4-2-1-3-10(12)9-17-14/h1-9H,(H,16,18). The molecule has 0 saturated heterocycles. The molecule has 0 aliphatic carbocycles. The highest BCUT2D eigenvalue weighted by atomic mass is 35.5. The van der Waals surface area contributed by atoms with Gasteiger partial charge in [0.1, 0.15) is 0 Å². The topological polar surface area (TPSA) is 37.8 Å². The summed E-state index contributed by atoms with van der Waals surface area (Å²) in [6.45, 7) is 0. The van der Waals surface area contributed by atoms with E-state index in [-0.39, 0.29) is 0 Å². The van der Waals surface area contributed by atoms with Gasteiger partial charge >= 0.3 is 0 Å². The van der Waals surface area contributed by atoms with Crippen LogP contribution in [0, 0.1) is 0 Å². The highest BCUT2D eigenvalue weighted by Gasteiger charge is 2.07. The van der Waals surface area contributed by atoms with E-state index in [0.717, 1.165) is 22.1 Å². The number of hydrogen-bond acceptors (Lipinski definition) is 3. The zero-order valence-electron chi connectivity index (χ0n) is 9.47. The van der Waals surface area contributed by atoms with Crippen molar-refractivity contribution in [2.45, 2.75) is 0 Å². The summed E-state index contributed by atoms with van der Waals surface area (Å²) in [6, 6.07) is 11.8. The van der Waals surface area contributed by atoms with E-state index < -0.39 is 0 Å². The minimum atomic E-state index is 0.463. The van der Waals surface area contributed by atoms with Crippen LogP contribution in [-0.4, -0.2) is 9.97 Å². The van der Waals surface area contributed by atoms with Crippen LogP contribution in [0.4, 0.5) is 11.4 Å². The second-order valence-electron chi connectivity index (χ2n) is 3.87. The molecule has 1 N–H and O–H groups in total. The quantitative estimate of drug-likeness (QED) is 0.703. The molecule has 2 heterocycles. The summed E-state index contributed by atoms with van der Waals surface area (Å²) in [6.07, 6.45) is 5.24. The van der Waals surface area contributed by atoms with Gasteiger partial charge in [-0.3, -0.25) is 4.98 Å². The summed E-state index contributed by atoms with van der Waals surface area (Å²) in [4.78, 5) is 8.17. The average Bonchev–Trinajstić information content (AvgIpc) is 2.43. The number of hydrogen-bond donors (Lipinski definition) is 1. The summed E-state index contributed by atoms with van der Waals surface area (Å²) in [5, 5.41) is 5.85. The Labute approximate surface area is 109 Å². The summed E-state index contributed by atoms with van der Waals surface area (Å²) in [5.74, 6) is 0. The molecule has 2 aromatic heterocycles. The first-order valence-electron chi connectivity index (χ1n) is 5.55. The molecule has 18 heavy (non-hydrogen) atoms. The van der Waals surface area contributed by atoms with E-state index in [1.54, 1.807) is 18.6 Å². The molecule has 0 aliphatic heterocycles. The number of halogens is 1. The molecular weight excluding hydrogens is 246 g/mol. The maximum Gasteiger partial charge on any atom is 0.153 e. The number of benzene rings is 1. The molecule has 3 nitrogen and oxygen atoms in total. The summed E-state index contributed by atoms with van der Waals surface area (Å²) in [7, 11) is 0. The molecule has 88 valence electrons. The number of rotatable bonds is 2. The third-order valence-electron chi connectivity index (χ3n) is 2.70. The van der Waals surface area contributed by atoms with Crippen LogP contribution in [0.15, 0.2) is 55.0 Å². The van der Waals surface area contributed by atoms with E-state index in [0.29, 0.717) is 5.15 Å². The molecule has 3 rings (SSSR count). The van der Waals surface area contributed by atoms with E-state index in [4.69, 9.17) is 11.6 Å². The maximum absolute atomic E-state index is 6.16. The van der Waals surface area contributed by atoms with E-state index in [2.05, 4.69) is 15.3 Å². The Bertz CT molecular complexity index is 683. The average molecular weight is 256 g/mol. The second kappa shape index (κ2) is 4.63. The predicted molar refractivity (Wildman–Crippen MR) is 74.3 cm³/mol. The number of pyridine rings is 2. The molecule has 0 atom stereocenters. The van der Waals surface area contributed by atoms with Crippen molar-refractivity contribution in [3.8, 4) is 0 Å². The molecule has 0 saturated carbocycles. The number of fused-ring (bicyclic) bond motifs is 1. The smallest absolute Gasteiger partial charge is 0.153 e. The monoisotopic (exact) mass is 255 g/mol. The normalized spacial score (nSPS) is 10.5. The van der Waals surface area contributed by atoms with Crippen molar-refractivity contribution >= 4 is 33.7 Å². The first-order chi connectivity index (χ1) is 8.84. The van der Waals surface area contributed by atoms with Crippen molar-refractivity contribution in [2.75, 3.05) is 5.32 Å². The van der Waals surface area contributed by atoms with Gasteiger partial charge in [0.05, 0.1) is 5.69 Å². The fourth-order valence-electron chi connectivity index (χ4n) is 1.84. The summed E-state index contributed by atoms with van der Waals surface area (Å²) >= 11 is 6.16. The lowest BCUT2D eigenvalue weighted by atomic mass is 10.1. The van der Waals surface area contributed by atoms with Crippen LogP contribution >= 0.6 is 11.6 Å². The van der Waals surface area contributed by atoms with Gasteiger partial charge in [-0.1, -0.05) is 35.9 Å². The summed E-state index contributed by atoms with van der Waals surface area (Å²) < 4.78 is 0. The van der Waals surface area contributed by atoms with Crippen LogP contribution in [0.3, 0.4) is 0 Å². The molecule has 1 aromatic carbocycles. The lowest BCUT2D eigenvalue weighted by Crippen LogP contribution is -1.94. The minimum absolute atomic E-state index is 0.463. The van der Waals surface area contributed by atoms with E-state index >= 15 is 0 Å². The van der Waals surface area contributed by atoms with Gasteiger partial charge < -0.3 is 5.32 Å². The van der Waals surface area contributed by atoms with Crippen LogP contribution < -0.4 is 5.32 Å². The van der Waals surface area contributed by atoms with Gasteiger partial charge in [0.25, 0.3) is 0 Å². The molecule has 0 fully saturated rings. The highest BCUT2D eigenvalue weighted by Crippen LogP contribution is 2.31. The van der Waals surface area contributed by atoms with Gasteiger partial charge in [-0.25, -0.2) is 4.98 Å². The Kier molecular flexibility index (Phi) is 2.82. The van der Waals surface area contributed by atoms with Crippen molar-refractivity contribution in [1.29, 1.82) is 0 Å². The maximum atomic E-state index is 6.16. The van der Waals surface area contributed by atoms with Gasteiger partial charge in [-0.2, -0.15) is 0 Å². The van der Waals surface area contributed by atoms with E-state index in [1.807, 2.05) is 36.4 Å². The Morgan fingerprint density at radius 1 is 1.00 bits per heavy atom. The molecule has 4 heteroatoms. The minimum Gasteiger partial charge on any atom is -0.352 e. The van der Waals surface area contributed by atoms with Gasteiger partial charge in [0, 0.05) is 35.1 Å². The first-order valence-corrected chi connectivity index (χ1v) is 5.93. The third-order valence-corrected chi connectivity index (χ3v) is 2.99. The number of nitrogens with zero attached hydrogens (tertiary/aromatic N) is 2. The molecule has 0 amide bonds. The van der Waals surface area contributed by atoms with Crippen molar-refractivity contribution < 1.29 is 0 Å². The van der Waals surface area contributed by atoms with Crippen LogP contribution in [0.5, 0.6) is 0 Å². The largest absolute Gasteiger partial charge is 0.352 e. The molecule has 0 aliphatic rings. The molecule has 0 bridgehead atoms. The predicted octanol–water partition coefficient (Wildman–Crippen LogP) is 4.03. The van der Waals surface area contributed by atoms with Gasteiger partial charge in [0.15, 0.2) is 5.15 Å². The number of aromatic nitrogens is 2. The SMILES string of the molecule is Clc1ncc2ccccc2c1Nc1ccncc1. The van der Waals surface area contributed by atoms with Crippen molar-refractivity contribution in [3.63, 3.8) is 0 Å².